The topological polar surface area (TPSA) is 75.1 Å². The summed E-state index contributed by atoms with van der Waals surface area (Å²) in [7, 11) is 0. The molecule has 5 rings (SSSR count). The lowest BCUT2D eigenvalue weighted by Gasteiger charge is -2.36. The molecule has 2 saturated heterocycles. The molecule has 0 bridgehead atoms. The van der Waals surface area contributed by atoms with Crippen LogP contribution in [0, 0.1) is 5.82 Å². The number of carbonyl (C=O) groups is 3. The number of piperazine rings is 1. The van der Waals surface area contributed by atoms with Crippen molar-refractivity contribution in [1.29, 1.82) is 0 Å². The predicted octanol–water partition coefficient (Wildman–Crippen LogP) is 1.97. The number of halogens is 1. The van der Waals surface area contributed by atoms with Gasteiger partial charge < -0.3 is 24.0 Å². The molecule has 0 atom stereocenters. The van der Waals surface area contributed by atoms with Gasteiger partial charge in [0.2, 0.25) is 0 Å². The number of hydrogen-bond acceptors (Lipinski definition) is 4. The first-order valence-electron chi connectivity index (χ1n) is 11.8. The number of fused-ring (bicyclic) bond motifs is 1. The van der Waals surface area contributed by atoms with Gasteiger partial charge in [-0.05, 0) is 18.2 Å². The average Bonchev–Trinajstić information content (AvgIpc) is 3.27. The second kappa shape index (κ2) is 9.87. The van der Waals surface area contributed by atoms with Crippen LogP contribution in [-0.4, -0.2) is 89.5 Å². The van der Waals surface area contributed by atoms with Crippen molar-refractivity contribution >= 4 is 28.6 Å². The minimum atomic E-state index is -0.535. The monoisotopic (exact) mass is 478 g/mol. The van der Waals surface area contributed by atoms with E-state index in [0.29, 0.717) is 50.7 Å². The third-order valence-electron chi connectivity index (χ3n) is 6.65. The first-order valence-corrected chi connectivity index (χ1v) is 11.8. The van der Waals surface area contributed by atoms with Gasteiger partial charge in [-0.2, -0.15) is 0 Å². The van der Waals surface area contributed by atoms with Gasteiger partial charge >= 0.3 is 11.8 Å². The first kappa shape index (κ1) is 23.0. The Bertz CT molecular complexity index is 1260. The summed E-state index contributed by atoms with van der Waals surface area (Å²) in [6.45, 7) is 3.13. The molecule has 2 aliphatic heterocycles. The predicted molar refractivity (Wildman–Crippen MR) is 127 cm³/mol. The second-order valence-corrected chi connectivity index (χ2v) is 8.75. The van der Waals surface area contributed by atoms with Crippen LogP contribution in [0.4, 0.5) is 4.39 Å². The molecule has 0 saturated carbocycles. The van der Waals surface area contributed by atoms with Crippen LogP contribution in [0.1, 0.15) is 16.1 Å². The van der Waals surface area contributed by atoms with E-state index in [-0.39, 0.29) is 31.4 Å². The minimum absolute atomic E-state index is 0.177. The quantitative estimate of drug-likeness (QED) is 0.540. The number of para-hydroxylation sites is 1. The van der Waals surface area contributed by atoms with Crippen molar-refractivity contribution in [2.24, 2.45) is 0 Å². The molecular formula is C26H27FN4O4. The Hall–Kier alpha value is -3.72. The van der Waals surface area contributed by atoms with Crippen molar-refractivity contribution in [3.63, 3.8) is 0 Å². The largest absolute Gasteiger partial charge is 0.378 e. The Labute approximate surface area is 202 Å². The van der Waals surface area contributed by atoms with Crippen LogP contribution in [0.5, 0.6) is 0 Å². The van der Waals surface area contributed by atoms with E-state index in [2.05, 4.69) is 0 Å². The maximum absolute atomic E-state index is 14.4. The van der Waals surface area contributed by atoms with Crippen molar-refractivity contribution in [3.05, 3.63) is 71.7 Å². The van der Waals surface area contributed by atoms with Gasteiger partial charge in [0.1, 0.15) is 11.5 Å². The molecule has 2 fully saturated rings. The molecule has 3 amide bonds. The fourth-order valence-corrected chi connectivity index (χ4v) is 4.67. The van der Waals surface area contributed by atoms with Gasteiger partial charge in [0.15, 0.2) is 0 Å². The fourth-order valence-electron chi connectivity index (χ4n) is 4.67. The normalized spacial score (nSPS) is 16.5. The van der Waals surface area contributed by atoms with Crippen LogP contribution >= 0.6 is 0 Å². The van der Waals surface area contributed by atoms with Gasteiger partial charge in [-0.3, -0.25) is 14.4 Å². The van der Waals surface area contributed by atoms with E-state index >= 15 is 0 Å². The molecule has 3 heterocycles. The van der Waals surface area contributed by atoms with E-state index in [0.717, 1.165) is 10.9 Å². The standard InChI is InChI=1S/C26H27FN4O4/c27-21-7-3-1-6-20(21)18-31-22-8-4-2-5-19(22)17-23(31)24(32)28-9-11-29(12-10-28)25(33)26(34)30-13-15-35-16-14-30/h1-8,17H,9-16,18H2. The molecule has 0 unspecified atom stereocenters. The van der Waals surface area contributed by atoms with E-state index in [1.165, 1.54) is 15.9 Å². The maximum Gasteiger partial charge on any atom is 0.312 e. The molecule has 35 heavy (non-hydrogen) atoms. The lowest BCUT2D eigenvalue weighted by atomic mass is 10.2. The third-order valence-corrected chi connectivity index (χ3v) is 6.65. The summed E-state index contributed by atoms with van der Waals surface area (Å²) in [5.41, 5.74) is 1.82. The van der Waals surface area contributed by atoms with Crippen LogP contribution in [0.25, 0.3) is 10.9 Å². The number of aromatic nitrogens is 1. The molecule has 0 N–H and O–H groups in total. The Kier molecular flexibility index (Phi) is 6.50. The van der Waals surface area contributed by atoms with Gasteiger partial charge in [-0.1, -0.05) is 36.4 Å². The Morgan fingerprint density at radius 1 is 0.771 bits per heavy atom. The Morgan fingerprint density at radius 3 is 2.09 bits per heavy atom. The molecule has 3 aromatic rings. The Morgan fingerprint density at radius 2 is 1.37 bits per heavy atom. The van der Waals surface area contributed by atoms with Crippen molar-refractivity contribution in [3.8, 4) is 0 Å². The minimum Gasteiger partial charge on any atom is -0.378 e. The highest BCUT2D eigenvalue weighted by molar-refractivity contribution is 6.35. The van der Waals surface area contributed by atoms with Crippen molar-refractivity contribution < 1.29 is 23.5 Å². The lowest BCUT2D eigenvalue weighted by Crippen LogP contribution is -2.55. The molecule has 1 aromatic heterocycles. The molecule has 2 aliphatic rings. The van der Waals surface area contributed by atoms with Gasteiger partial charge in [0.25, 0.3) is 5.91 Å². The van der Waals surface area contributed by atoms with Gasteiger partial charge in [-0.25, -0.2) is 4.39 Å². The maximum atomic E-state index is 14.4. The highest BCUT2D eigenvalue weighted by atomic mass is 19.1. The van der Waals surface area contributed by atoms with Crippen LogP contribution < -0.4 is 0 Å². The van der Waals surface area contributed by atoms with Crippen LogP contribution in [-0.2, 0) is 20.9 Å². The average molecular weight is 479 g/mol. The Balaban J connectivity index is 1.32. The number of amides is 3. The highest BCUT2D eigenvalue weighted by Crippen LogP contribution is 2.24. The molecule has 9 heteroatoms. The molecule has 0 radical (unpaired) electrons. The fraction of sp³-hybridized carbons (Fsp3) is 0.346. The summed E-state index contributed by atoms with van der Waals surface area (Å²) in [5, 5.41) is 0.900. The van der Waals surface area contributed by atoms with Crippen LogP contribution in [0.2, 0.25) is 0 Å². The zero-order valence-electron chi connectivity index (χ0n) is 19.4. The molecule has 2 aromatic carbocycles. The number of nitrogens with zero attached hydrogens (tertiary/aromatic N) is 4. The number of carbonyl (C=O) groups excluding carboxylic acids is 3. The van der Waals surface area contributed by atoms with E-state index in [9.17, 15) is 18.8 Å². The van der Waals surface area contributed by atoms with E-state index < -0.39 is 11.8 Å². The highest BCUT2D eigenvalue weighted by Gasteiger charge is 2.32. The first-order chi connectivity index (χ1) is 17.0. The number of benzene rings is 2. The summed E-state index contributed by atoms with van der Waals surface area (Å²) in [6.07, 6.45) is 0. The van der Waals surface area contributed by atoms with Gasteiger partial charge in [-0.15, -0.1) is 0 Å². The third kappa shape index (κ3) is 4.64. The number of rotatable bonds is 3. The number of hydrogen-bond donors (Lipinski definition) is 0. The molecular weight excluding hydrogens is 451 g/mol. The van der Waals surface area contributed by atoms with Crippen molar-refractivity contribution in [2.75, 3.05) is 52.5 Å². The van der Waals surface area contributed by atoms with Crippen molar-refractivity contribution in [2.45, 2.75) is 6.54 Å². The van der Waals surface area contributed by atoms with Gasteiger partial charge in [0, 0.05) is 55.7 Å². The van der Waals surface area contributed by atoms with Crippen LogP contribution in [0.15, 0.2) is 54.6 Å². The zero-order valence-corrected chi connectivity index (χ0v) is 19.4. The summed E-state index contributed by atoms with van der Waals surface area (Å²) >= 11 is 0. The number of morpholine rings is 1. The molecule has 0 spiro atoms. The smallest absolute Gasteiger partial charge is 0.312 e. The molecule has 182 valence electrons. The summed E-state index contributed by atoms with van der Waals surface area (Å²) in [5.74, 6) is -1.55. The van der Waals surface area contributed by atoms with E-state index in [1.807, 2.05) is 34.9 Å². The van der Waals surface area contributed by atoms with E-state index in [1.54, 1.807) is 23.1 Å². The summed E-state index contributed by atoms with van der Waals surface area (Å²) in [6, 6.07) is 16.0. The summed E-state index contributed by atoms with van der Waals surface area (Å²) < 4.78 is 21.5. The zero-order chi connectivity index (χ0) is 24.4. The molecule has 8 nitrogen and oxygen atoms in total. The van der Waals surface area contributed by atoms with Crippen molar-refractivity contribution in [1.82, 2.24) is 19.3 Å². The second-order valence-electron chi connectivity index (χ2n) is 8.75. The molecule has 0 aliphatic carbocycles. The van der Waals surface area contributed by atoms with Gasteiger partial charge in [0.05, 0.1) is 19.8 Å². The SMILES string of the molecule is O=C(C(=O)N1CCN(C(=O)c2cc3ccccc3n2Cc2ccccc2F)CC1)N1CCOCC1. The number of ether oxygens (including phenoxy) is 1. The summed E-state index contributed by atoms with van der Waals surface area (Å²) in [4.78, 5) is 43.5. The van der Waals surface area contributed by atoms with Crippen LogP contribution in [0.3, 0.4) is 0 Å². The van der Waals surface area contributed by atoms with E-state index in [4.69, 9.17) is 4.74 Å². The lowest BCUT2D eigenvalue weighted by molar-refractivity contribution is -0.154.